The lowest BCUT2D eigenvalue weighted by atomic mass is 10.0. The van der Waals surface area contributed by atoms with Crippen molar-refractivity contribution < 1.29 is 4.74 Å². The minimum absolute atomic E-state index is 0.292. The molecule has 1 saturated heterocycles. The molecule has 0 radical (unpaired) electrons. The van der Waals surface area contributed by atoms with Crippen LogP contribution in [0, 0.1) is 0 Å². The van der Waals surface area contributed by atoms with Crippen LogP contribution in [-0.2, 0) is 4.74 Å². The monoisotopic (exact) mass is 310 g/mol. The minimum Gasteiger partial charge on any atom is -0.378 e. The fourth-order valence-electron chi connectivity index (χ4n) is 3.00. The van der Waals surface area contributed by atoms with Crippen LogP contribution in [0.4, 0.5) is 5.69 Å². The molecule has 0 amide bonds. The van der Waals surface area contributed by atoms with Gasteiger partial charge in [-0.15, -0.1) is 0 Å². The second-order valence-corrected chi connectivity index (χ2v) is 6.03. The molecule has 3 nitrogen and oxygen atoms in total. The van der Waals surface area contributed by atoms with Crippen molar-refractivity contribution in [2.75, 3.05) is 31.1 Å². The van der Waals surface area contributed by atoms with E-state index in [2.05, 4.69) is 49.2 Å². The summed E-state index contributed by atoms with van der Waals surface area (Å²) in [7, 11) is 0. The Labute approximate surface area is 133 Å². The van der Waals surface area contributed by atoms with Crippen molar-refractivity contribution in [2.45, 2.75) is 45.8 Å². The largest absolute Gasteiger partial charge is 0.378 e. The molecule has 1 aliphatic rings. The van der Waals surface area contributed by atoms with E-state index < -0.39 is 0 Å². The summed E-state index contributed by atoms with van der Waals surface area (Å²) in [5.74, 6) is 0. The van der Waals surface area contributed by atoms with E-state index in [1.165, 1.54) is 11.3 Å². The number of piperidine rings is 1. The molecule has 2 rings (SSSR count). The summed E-state index contributed by atoms with van der Waals surface area (Å²) in [6.07, 6.45) is 2.62. The topological polar surface area (TPSA) is 24.5 Å². The van der Waals surface area contributed by atoms with Gasteiger partial charge in [0.25, 0.3) is 0 Å². The Kier molecular flexibility index (Phi) is 6.34. The molecule has 1 atom stereocenters. The van der Waals surface area contributed by atoms with E-state index in [0.29, 0.717) is 12.1 Å². The van der Waals surface area contributed by atoms with Gasteiger partial charge in [-0.2, -0.15) is 0 Å². The molecule has 0 spiro atoms. The highest BCUT2D eigenvalue weighted by atomic mass is 35.5. The van der Waals surface area contributed by atoms with Gasteiger partial charge in [-0.25, -0.2) is 0 Å². The third kappa shape index (κ3) is 4.35. The normalized spacial score (nSPS) is 18.0. The molecule has 0 bridgehead atoms. The van der Waals surface area contributed by atoms with Gasteiger partial charge in [0, 0.05) is 36.4 Å². The number of rotatable bonds is 6. The summed E-state index contributed by atoms with van der Waals surface area (Å²) in [5.41, 5.74) is 2.40. The van der Waals surface area contributed by atoms with Crippen LogP contribution in [0.1, 0.15) is 45.2 Å². The maximum Gasteiger partial charge on any atom is 0.0608 e. The van der Waals surface area contributed by atoms with Crippen LogP contribution < -0.4 is 10.2 Å². The second-order valence-electron chi connectivity index (χ2n) is 5.63. The Hall–Kier alpha value is -0.770. The van der Waals surface area contributed by atoms with Crippen molar-refractivity contribution in [3.63, 3.8) is 0 Å². The molecule has 0 saturated carbocycles. The average Bonchev–Trinajstić information content (AvgIpc) is 2.48. The van der Waals surface area contributed by atoms with Crippen LogP contribution in [0.25, 0.3) is 0 Å². The molecule has 0 aliphatic carbocycles. The number of anilines is 1. The van der Waals surface area contributed by atoms with Gasteiger partial charge >= 0.3 is 0 Å². The molecule has 1 aromatic rings. The summed E-state index contributed by atoms with van der Waals surface area (Å²) < 4.78 is 5.71. The molecule has 118 valence electrons. The van der Waals surface area contributed by atoms with Crippen LogP contribution in [-0.4, -0.2) is 32.3 Å². The number of nitrogens with zero attached hydrogens (tertiary/aromatic N) is 1. The van der Waals surface area contributed by atoms with Crippen LogP contribution >= 0.6 is 11.6 Å². The highest BCUT2D eigenvalue weighted by Gasteiger charge is 2.20. The first-order chi connectivity index (χ1) is 10.2. The van der Waals surface area contributed by atoms with Crippen molar-refractivity contribution >= 4 is 17.3 Å². The number of halogens is 1. The quantitative estimate of drug-likeness (QED) is 0.859. The van der Waals surface area contributed by atoms with Gasteiger partial charge in [0.05, 0.1) is 6.10 Å². The van der Waals surface area contributed by atoms with Gasteiger partial charge in [0.2, 0.25) is 0 Å². The zero-order valence-corrected chi connectivity index (χ0v) is 14.1. The Morgan fingerprint density at radius 1 is 1.33 bits per heavy atom. The van der Waals surface area contributed by atoms with Crippen molar-refractivity contribution in [1.82, 2.24) is 5.32 Å². The lowest BCUT2D eigenvalue weighted by molar-refractivity contribution is 0.0459. The van der Waals surface area contributed by atoms with Gasteiger partial charge in [0.1, 0.15) is 0 Å². The van der Waals surface area contributed by atoms with E-state index in [1.54, 1.807) is 0 Å². The third-order valence-corrected chi connectivity index (χ3v) is 4.50. The predicted molar refractivity (Wildman–Crippen MR) is 90.4 cm³/mol. The maximum atomic E-state index is 6.47. The van der Waals surface area contributed by atoms with E-state index in [0.717, 1.165) is 44.1 Å². The summed E-state index contributed by atoms with van der Waals surface area (Å²) in [6, 6.07) is 6.74. The number of hydrogen-bond acceptors (Lipinski definition) is 3. The van der Waals surface area contributed by atoms with Crippen LogP contribution in [0.2, 0.25) is 5.02 Å². The molecule has 1 fully saturated rings. The summed E-state index contributed by atoms with van der Waals surface area (Å²) in [4.78, 5) is 2.41. The second kappa shape index (κ2) is 8.02. The molecular formula is C17H27ClN2O. The number of ether oxygens (including phenoxy) is 1. The van der Waals surface area contributed by atoms with Gasteiger partial charge in [-0.05, 0) is 50.9 Å². The van der Waals surface area contributed by atoms with Gasteiger partial charge in [-0.3, -0.25) is 0 Å². The van der Waals surface area contributed by atoms with Crippen LogP contribution in [0.3, 0.4) is 0 Å². The number of hydrogen-bond donors (Lipinski definition) is 1. The summed E-state index contributed by atoms with van der Waals surface area (Å²) in [6.45, 7) is 10.2. The molecule has 4 heteroatoms. The van der Waals surface area contributed by atoms with Gasteiger partial charge in [-0.1, -0.05) is 24.6 Å². The van der Waals surface area contributed by atoms with Crippen LogP contribution in [0.15, 0.2) is 18.2 Å². The first-order valence-corrected chi connectivity index (χ1v) is 8.42. The molecule has 1 N–H and O–H groups in total. The summed E-state index contributed by atoms with van der Waals surface area (Å²) in [5, 5.41) is 4.26. The molecule has 21 heavy (non-hydrogen) atoms. The molecular weight excluding hydrogens is 284 g/mol. The van der Waals surface area contributed by atoms with E-state index in [9.17, 15) is 0 Å². The Morgan fingerprint density at radius 2 is 2.05 bits per heavy atom. The summed E-state index contributed by atoms with van der Waals surface area (Å²) >= 11 is 6.47. The molecule has 1 aliphatic heterocycles. The predicted octanol–water partition coefficient (Wildman–Crippen LogP) is 4.02. The first-order valence-electron chi connectivity index (χ1n) is 8.05. The van der Waals surface area contributed by atoms with E-state index in [-0.39, 0.29) is 0 Å². The van der Waals surface area contributed by atoms with Crippen LogP contribution in [0.5, 0.6) is 0 Å². The average molecular weight is 311 g/mol. The SMILES string of the molecule is CCNC(C)c1ccc(N2CCC(OCC)CC2)cc1Cl. The Balaban J connectivity index is 2.00. The first kappa shape index (κ1) is 16.6. The van der Waals surface area contributed by atoms with Crippen molar-refractivity contribution in [2.24, 2.45) is 0 Å². The number of benzene rings is 1. The standard InChI is InChI=1S/C17H27ClN2O/c1-4-19-13(3)16-7-6-14(12-17(16)18)20-10-8-15(9-11-20)21-5-2/h6-7,12-13,15,19H,4-5,8-11H2,1-3H3. The van der Waals surface area contributed by atoms with Crippen molar-refractivity contribution in [1.29, 1.82) is 0 Å². The van der Waals surface area contributed by atoms with Gasteiger partial charge in [0.15, 0.2) is 0 Å². The number of nitrogens with one attached hydrogen (secondary N) is 1. The lowest BCUT2D eigenvalue weighted by Crippen LogP contribution is -2.37. The van der Waals surface area contributed by atoms with E-state index in [1.807, 2.05) is 0 Å². The molecule has 1 unspecified atom stereocenters. The van der Waals surface area contributed by atoms with Gasteiger partial charge < -0.3 is 15.0 Å². The zero-order chi connectivity index (χ0) is 15.2. The maximum absolute atomic E-state index is 6.47. The third-order valence-electron chi connectivity index (χ3n) is 4.17. The molecule has 0 aromatic heterocycles. The highest BCUT2D eigenvalue weighted by Crippen LogP contribution is 2.29. The fourth-order valence-corrected chi connectivity index (χ4v) is 3.33. The highest BCUT2D eigenvalue weighted by molar-refractivity contribution is 6.31. The zero-order valence-electron chi connectivity index (χ0n) is 13.4. The van der Waals surface area contributed by atoms with E-state index >= 15 is 0 Å². The Morgan fingerprint density at radius 3 is 2.62 bits per heavy atom. The van der Waals surface area contributed by atoms with Crippen molar-refractivity contribution in [3.8, 4) is 0 Å². The fraction of sp³-hybridized carbons (Fsp3) is 0.647. The lowest BCUT2D eigenvalue weighted by Gasteiger charge is -2.33. The Bertz CT molecular complexity index is 444. The smallest absolute Gasteiger partial charge is 0.0608 e. The molecule has 1 aromatic carbocycles. The van der Waals surface area contributed by atoms with E-state index in [4.69, 9.17) is 16.3 Å². The van der Waals surface area contributed by atoms with Crippen molar-refractivity contribution in [3.05, 3.63) is 28.8 Å². The minimum atomic E-state index is 0.292. The molecule has 1 heterocycles.